The van der Waals surface area contributed by atoms with E-state index >= 15 is 0 Å². The smallest absolute Gasteiger partial charge is 0.0737 e. The summed E-state index contributed by atoms with van der Waals surface area (Å²) in [5.41, 5.74) is 22.2. The molecule has 47 heavy (non-hydrogen) atoms. The van der Waals surface area contributed by atoms with Crippen LogP contribution in [-0.2, 0) is 12.8 Å². The highest BCUT2D eigenvalue weighted by Gasteiger charge is 2.18. The first kappa shape index (κ1) is 30.5. The number of nitrogens with one attached hydrogen (secondary N) is 2. The number of H-pyrrole nitrogens is 2. The fourth-order valence-corrected chi connectivity index (χ4v) is 6.87. The largest absolute Gasteiger partial charge is 0.398 e. The summed E-state index contributed by atoms with van der Waals surface area (Å²) in [7, 11) is 0. The van der Waals surface area contributed by atoms with Crippen molar-refractivity contribution in [2.75, 3.05) is 5.73 Å². The Balaban J connectivity index is 1.61. The van der Waals surface area contributed by atoms with Gasteiger partial charge in [0, 0.05) is 55.6 Å². The number of aryl methyl sites for hydroxylation is 2. The molecule has 236 valence electrons. The number of anilines is 1. The van der Waals surface area contributed by atoms with E-state index in [9.17, 15) is 0 Å². The van der Waals surface area contributed by atoms with Crippen LogP contribution < -0.4 is 5.73 Å². The van der Waals surface area contributed by atoms with Gasteiger partial charge in [-0.2, -0.15) is 0 Å². The van der Waals surface area contributed by atoms with Crippen molar-refractivity contribution >= 4 is 52.1 Å². The molecule has 4 N–H and O–H groups in total. The number of rotatable bonds is 10. The molecule has 5 heteroatoms. The molecule has 0 unspecified atom stereocenters. The monoisotopic (exact) mass is 617 g/mol. The molecule has 0 amide bonds. The molecule has 2 aliphatic rings. The fourth-order valence-electron chi connectivity index (χ4n) is 6.87. The lowest BCUT2D eigenvalue weighted by Gasteiger charge is -2.08. The lowest BCUT2D eigenvalue weighted by atomic mass is 10.0. The summed E-state index contributed by atoms with van der Waals surface area (Å²) in [4.78, 5) is 18.3. The Labute approximate surface area is 277 Å². The van der Waals surface area contributed by atoms with Gasteiger partial charge < -0.3 is 15.7 Å². The minimum Gasteiger partial charge on any atom is -0.398 e. The van der Waals surface area contributed by atoms with Crippen LogP contribution in [0.3, 0.4) is 0 Å². The van der Waals surface area contributed by atoms with E-state index < -0.39 is 0 Å². The van der Waals surface area contributed by atoms with Gasteiger partial charge in [-0.25, -0.2) is 9.97 Å². The van der Waals surface area contributed by atoms with Crippen LogP contribution in [0.25, 0.3) is 68.6 Å². The molecular formula is C42H43N5. The molecule has 0 atom stereocenters. The maximum absolute atomic E-state index is 6.64. The first-order valence-electron chi connectivity index (χ1n) is 17.2. The molecule has 2 aromatic carbocycles. The highest BCUT2D eigenvalue weighted by Crippen LogP contribution is 2.36. The molecule has 5 aromatic rings. The van der Waals surface area contributed by atoms with Crippen molar-refractivity contribution < 1.29 is 0 Å². The van der Waals surface area contributed by atoms with Crippen LogP contribution in [0, 0.1) is 0 Å². The van der Waals surface area contributed by atoms with Gasteiger partial charge in [0.05, 0.1) is 22.8 Å². The number of nitrogen functional groups attached to an aromatic ring is 1. The average Bonchev–Trinajstić information content (AvgIpc) is 3.92. The van der Waals surface area contributed by atoms with Crippen molar-refractivity contribution in [1.82, 2.24) is 19.9 Å². The first-order chi connectivity index (χ1) is 23.1. The van der Waals surface area contributed by atoms with E-state index in [1.807, 2.05) is 18.2 Å². The van der Waals surface area contributed by atoms with Crippen molar-refractivity contribution in [3.05, 3.63) is 113 Å². The van der Waals surface area contributed by atoms with Gasteiger partial charge in [0.25, 0.3) is 0 Å². The molecule has 0 saturated carbocycles. The van der Waals surface area contributed by atoms with Crippen LogP contribution in [0.4, 0.5) is 5.69 Å². The van der Waals surface area contributed by atoms with E-state index in [1.165, 1.54) is 24.0 Å². The van der Waals surface area contributed by atoms with Crippen LogP contribution in [-0.4, -0.2) is 19.9 Å². The van der Waals surface area contributed by atoms with Crippen molar-refractivity contribution in [2.45, 2.75) is 65.2 Å². The van der Waals surface area contributed by atoms with E-state index in [-0.39, 0.29) is 0 Å². The van der Waals surface area contributed by atoms with Crippen molar-refractivity contribution in [3.8, 4) is 22.3 Å². The first-order valence-corrected chi connectivity index (χ1v) is 17.2. The third-order valence-corrected chi connectivity index (χ3v) is 9.32. The number of fused-ring (bicyclic) bond motifs is 8. The number of aromatic nitrogens is 4. The maximum atomic E-state index is 6.64. The zero-order chi connectivity index (χ0) is 32.2. The number of hydrogen-bond donors (Lipinski definition) is 3. The minimum atomic E-state index is 0.734. The number of nitrogens with zero attached hydrogens (tertiary/aromatic N) is 2. The van der Waals surface area contributed by atoms with Crippen LogP contribution >= 0.6 is 0 Å². The second-order valence-electron chi connectivity index (χ2n) is 12.6. The van der Waals surface area contributed by atoms with Crippen LogP contribution in [0.15, 0.2) is 78.9 Å². The molecule has 0 spiro atoms. The fraction of sp³-hybridized carbons (Fsp3) is 0.238. The molecule has 2 aliphatic heterocycles. The lowest BCUT2D eigenvalue weighted by molar-refractivity contribution is 0.717. The van der Waals surface area contributed by atoms with Gasteiger partial charge in [-0.1, -0.05) is 88.1 Å². The molecular weight excluding hydrogens is 574 g/mol. The zero-order valence-corrected chi connectivity index (χ0v) is 27.4. The Bertz CT molecular complexity index is 2120. The topological polar surface area (TPSA) is 83.4 Å². The third kappa shape index (κ3) is 6.18. The van der Waals surface area contributed by atoms with Crippen LogP contribution in [0.5, 0.6) is 0 Å². The van der Waals surface area contributed by atoms with E-state index in [0.717, 1.165) is 111 Å². The van der Waals surface area contributed by atoms with Crippen LogP contribution in [0.2, 0.25) is 0 Å². The Morgan fingerprint density at radius 1 is 0.511 bits per heavy atom. The summed E-state index contributed by atoms with van der Waals surface area (Å²) in [5, 5.41) is 0. The second-order valence-corrected chi connectivity index (χ2v) is 12.6. The Hall–Kier alpha value is -5.16. The molecule has 0 saturated heterocycles. The predicted molar refractivity (Wildman–Crippen MR) is 201 cm³/mol. The third-order valence-electron chi connectivity index (χ3n) is 9.32. The van der Waals surface area contributed by atoms with Gasteiger partial charge >= 0.3 is 0 Å². The van der Waals surface area contributed by atoms with Gasteiger partial charge in [0.2, 0.25) is 0 Å². The van der Waals surface area contributed by atoms with Gasteiger partial charge in [0.15, 0.2) is 0 Å². The van der Waals surface area contributed by atoms with E-state index in [2.05, 4.69) is 109 Å². The van der Waals surface area contributed by atoms with Crippen molar-refractivity contribution in [3.63, 3.8) is 0 Å². The maximum Gasteiger partial charge on any atom is 0.0737 e. The van der Waals surface area contributed by atoms with E-state index in [0.29, 0.717) is 0 Å². The summed E-state index contributed by atoms with van der Waals surface area (Å²) in [6.45, 7) is 4.50. The summed E-state index contributed by atoms with van der Waals surface area (Å²) >= 11 is 0. The summed E-state index contributed by atoms with van der Waals surface area (Å²) < 4.78 is 0. The quantitative estimate of drug-likeness (QED) is 0.105. The molecule has 0 radical (unpaired) electrons. The van der Waals surface area contributed by atoms with Gasteiger partial charge in [-0.05, 0) is 85.9 Å². The Kier molecular flexibility index (Phi) is 8.87. The standard InChI is InChI=1S/C42H43N5/c1-3-5-8-17-30-33-20-24-37(44-33)41(28-14-10-7-11-15-28)38-25-21-34(45-38)31(18-9-6-4-2)36-23-27-40(47-36)42(39-26-22-35(30)46-39)29-16-12-13-19-32(29)43/h7,10-16,19-27,44,47H,3-6,8-9,17-18,43H2,1-2H3. The SMILES string of the molecule is CCCCCc1c2nc(c(-c3ccccc3N)c3ccc([nH]3)c(CCCCC)c3nc(c(-c4ccccc4)c4ccc1[nH]4)C=C3)C=C2. The highest BCUT2D eigenvalue weighted by atomic mass is 14.8. The van der Waals surface area contributed by atoms with Crippen molar-refractivity contribution in [2.24, 2.45) is 0 Å². The number of para-hydroxylation sites is 1. The van der Waals surface area contributed by atoms with Gasteiger partial charge in [-0.15, -0.1) is 0 Å². The molecule has 7 rings (SSSR count). The van der Waals surface area contributed by atoms with E-state index in [4.69, 9.17) is 15.7 Å². The average molecular weight is 618 g/mol. The summed E-state index contributed by atoms with van der Waals surface area (Å²) in [6, 6.07) is 27.5. The summed E-state index contributed by atoms with van der Waals surface area (Å²) in [6.07, 6.45) is 17.4. The number of nitrogens with two attached hydrogens (primary N) is 1. The normalized spacial score (nSPS) is 12.2. The Morgan fingerprint density at radius 2 is 1.00 bits per heavy atom. The van der Waals surface area contributed by atoms with Gasteiger partial charge in [0.1, 0.15) is 0 Å². The van der Waals surface area contributed by atoms with Crippen molar-refractivity contribution in [1.29, 1.82) is 0 Å². The van der Waals surface area contributed by atoms with Gasteiger partial charge in [-0.3, -0.25) is 0 Å². The number of unbranched alkanes of at least 4 members (excludes halogenated alkanes) is 4. The molecule has 5 heterocycles. The lowest BCUT2D eigenvalue weighted by Crippen LogP contribution is -1.95. The van der Waals surface area contributed by atoms with Crippen LogP contribution in [0.1, 0.15) is 86.3 Å². The number of benzene rings is 2. The second kappa shape index (κ2) is 13.7. The number of aromatic amines is 2. The molecule has 0 fully saturated rings. The number of hydrogen-bond acceptors (Lipinski definition) is 3. The molecule has 8 bridgehead atoms. The molecule has 0 aliphatic carbocycles. The predicted octanol–water partition coefficient (Wildman–Crippen LogP) is 11.0. The minimum absolute atomic E-state index is 0.734. The molecule has 3 aromatic heterocycles. The summed E-state index contributed by atoms with van der Waals surface area (Å²) in [5.74, 6) is 0. The highest BCUT2D eigenvalue weighted by molar-refractivity contribution is 5.96. The zero-order valence-electron chi connectivity index (χ0n) is 27.4. The Morgan fingerprint density at radius 3 is 1.57 bits per heavy atom. The van der Waals surface area contributed by atoms with E-state index in [1.54, 1.807) is 0 Å². The molecule has 5 nitrogen and oxygen atoms in total.